The molecule has 7 nitrogen and oxygen atoms in total. The molecule has 25 heavy (non-hydrogen) atoms. The molecular weight excluding hydrogens is 324 g/mol. The maximum absolute atomic E-state index is 12.5. The zero-order valence-corrected chi connectivity index (χ0v) is 14.4. The van der Waals surface area contributed by atoms with Crippen LogP contribution in [0.4, 0.5) is 0 Å². The zero-order valence-electron chi connectivity index (χ0n) is 14.4. The van der Waals surface area contributed by atoms with Crippen LogP contribution in [0.5, 0.6) is 11.5 Å². The van der Waals surface area contributed by atoms with E-state index in [4.69, 9.17) is 13.9 Å². The van der Waals surface area contributed by atoms with E-state index >= 15 is 0 Å². The van der Waals surface area contributed by atoms with Crippen LogP contribution in [0.1, 0.15) is 36.1 Å². The van der Waals surface area contributed by atoms with Crippen molar-refractivity contribution in [3.63, 3.8) is 0 Å². The minimum absolute atomic E-state index is 0.122. The highest BCUT2D eigenvalue weighted by atomic mass is 16.5. The lowest BCUT2D eigenvalue weighted by Gasteiger charge is -2.36. The van der Waals surface area contributed by atoms with Crippen molar-refractivity contribution in [3.8, 4) is 11.5 Å². The third-order valence-electron chi connectivity index (χ3n) is 4.15. The molecule has 0 spiro atoms. The highest BCUT2D eigenvalue weighted by Gasteiger charge is 2.32. The van der Waals surface area contributed by atoms with Crippen LogP contribution in [0, 0.1) is 0 Å². The molecule has 1 fully saturated rings. The maximum atomic E-state index is 12.5. The van der Waals surface area contributed by atoms with Crippen molar-refractivity contribution in [2.45, 2.75) is 32.0 Å². The Bertz CT molecular complexity index is 723. The maximum Gasteiger partial charge on any atom is 0.275 e. The van der Waals surface area contributed by atoms with Gasteiger partial charge in [-0.25, -0.2) is 4.98 Å². The predicted molar refractivity (Wildman–Crippen MR) is 89.6 cm³/mol. The molecule has 3 rings (SSSR count). The van der Waals surface area contributed by atoms with E-state index in [1.54, 1.807) is 43.2 Å². The van der Waals surface area contributed by atoms with Gasteiger partial charge in [-0.15, -0.1) is 0 Å². The van der Waals surface area contributed by atoms with Crippen LogP contribution >= 0.6 is 0 Å². The summed E-state index contributed by atoms with van der Waals surface area (Å²) in [6.07, 6.45) is 2.79. The number of hydrogen-bond donors (Lipinski definition) is 1. The van der Waals surface area contributed by atoms with Crippen molar-refractivity contribution in [2.75, 3.05) is 20.2 Å². The number of aliphatic hydroxyl groups is 1. The van der Waals surface area contributed by atoms with Gasteiger partial charge in [0.2, 0.25) is 5.89 Å². The van der Waals surface area contributed by atoms with Crippen LogP contribution in [0.25, 0.3) is 0 Å². The number of nitrogens with zero attached hydrogens (tertiary/aromatic N) is 2. The summed E-state index contributed by atoms with van der Waals surface area (Å²) in [7, 11) is 1.60. The molecule has 1 amide bonds. The van der Waals surface area contributed by atoms with Crippen molar-refractivity contribution in [2.24, 2.45) is 0 Å². The predicted octanol–water partition coefficient (Wildman–Crippen LogP) is 2.25. The summed E-state index contributed by atoms with van der Waals surface area (Å²) in [5.74, 6) is 1.48. The number of oxazole rings is 1. The molecule has 1 N–H and O–H groups in total. The van der Waals surface area contributed by atoms with Gasteiger partial charge >= 0.3 is 0 Å². The first-order chi connectivity index (χ1) is 12.0. The van der Waals surface area contributed by atoms with E-state index < -0.39 is 5.60 Å². The number of ether oxygens (including phenoxy) is 2. The van der Waals surface area contributed by atoms with Crippen molar-refractivity contribution in [1.82, 2.24) is 9.88 Å². The lowest BCUT2D eigenvalue weighted by molar-refractivity contribution is -0.0109. The van der Waals surface area contributed by atoms with E-state index in [1.807, 2.05) is 0 Å². The number of amides is 1. The molecule has 0 unspecified atom stereocenters. The van der Waals surface area contributed by atoms with E-state index in [0.29, 0.717) is 31.2 Å². The second kappa shape index (κ2) is 7.14. The van der Waals surface area contributed by atoms with E-state index in [2.05, 4.69) is 4.98 Å². The summed E-state index contributed by atoms with van der Waals surface area (Å²) in [6.45, 7) is 2.77. The van der Waals surface area contributed by atoms with Gasteiger partial charge in [-0.2, -0.15) is 0 Å². The normalized spacial score (nSPS) is 20.4. The Balaban J connectivity index is 1.58. The minimum Gasteiger partial charge on any atom is -0.497 e. The molecule has 0 radical (unpaired) electrons. The lowest BCUT2D eigenvalue weighted by atomic mass is 9.95. The van der Waals surface area contributed by atoms with Gasteiger partial charge in [0.05, 0.1) is 12.7 Å². The van der Waals surface area contributed by atoms with Gasteiger partial charge in [0.15, 0.2) is 12.3 Å². The number of carbonyl (C=O) groups is 1. The largest absolute Gasteiger partial charge is 0.497 e. The van der Waals surface area contributed by atoms with Crippen molar-refractivity contribution in [1.29, 1.82) is 0 Å². The average Bonchev–Trinajstić information content (AvgIpc) is 3.08. The Morgan fingerprint density at radius 1 is 1.36 bits per heavy atom. The molecule has 134 valence electrons. The molecule has 7 heteroatoms. The van der Waals surface area contributed by atoms with Crippen LogP contribution < -0.4 is 9.47 Å². The molecule has 1 saturated heterocycles. The number of piperidine rings is 1. The number of hydrogen-bond acceptors (Lipinski definition) is 6. The quantitative estimate of drug-likeness (QED) is 0.894. The number of benzene rings is 1. The van der Waals surface area contributed by atoms with Crippen LogP contribution in [-0.2, 0) is 6.61 Å². The molecule has 2 heterocycles. The molecule has 1 aliphatic rings. The topological polar surface area (TPSA) is 85.0 Å². The summed E-state index contributed by atoms with van der Waals surface area (Å²) >= 11 is 0. The van der Waals surface area contributed by atoms with Gasteiger partial charge in [-0.1, -0.05) is 0 Å². The van der Waals surface area contributed by atoms with Gasteiger partial charge in [0.25, 0.3) is 5.91 Å². The van der Waals surface area contributed by atoms with E-state index in [-0.39, 0.29) is 18.2 Å². The Morgan fingerprint density at radius 3 is 2.76 bits per heavy atom. The summed E-state index contributed by atoms with van der Waals surface area (Å²) in [6, 6.07) is 7.15. The third kappa shape index (κ3) is 4.30. The van der Waals surface area contributed by atoms with Crippen LogP contribution in [0.2, 0.25) is 0 Å². The van der Waals surface area contributed by atoms with Gasteiger partial charge < -0.3 is 23.9 Å². The van der Waals surface area contributed by atoms with Crippen molar-refractivity contribution in [3.05, 3.63) is 42.1 Å². The van der Waals surface area contributed by atoms with Gasteiger partial charge in [0, 0.05) is 13.1 Å². The first-order valence-corrected chi connectivity index (χ1v) is 8.20. The highest BCUT2D eigenvalue weighted by Crippen LogP contribution is 2.22. The van der Waals surface area contributed by atoms with E-state index in [9.17, 15) is 9.90 Å². The zero-order chi connectivity index (χ0) is 17.9. The third-order valence-corrected chi connectivity index (χ3v) is 4.15. The van der Waals surface area contributed by atoms with Crippen molar-refractivity contribution < 1.29 is 23.8 Å². The van der Waals surface area contributed by atoms with Crippen LogP contribution in [-0.4, -0.2) is 46.7 Å². The van der Waals surface area contributed by atoms with Gasteiger partial charge in [-0.3, -0.25) is 4.79 Å². The monoisotopic (exact) mass is 346 g/mol. The fourth-order valence-corrected chi connectivity index (χ4v) is 2.85. The van der Waals surface area contributed by atoms with Crippen LogP contribution in [0.3, 0.4) is 0 Å². The van der Waals surface area contributed by atoms with E-state index in [0.717, 1.165) is 12.2 Å². The molecule has 0 saturated carbocycles. The molecule has 1 atom stereocenters. The summed E-state index contributed by atoms with van der Waals surface area (Å²) in [5.41, 5.74) is -0.621. The molecular formula is C18H22N2O5. The molecule has 0 aliphatic carbocycles. The lowest BCUT2D eigenvalue weighted by Crippen LogP contribution is -2.48. The molecule has 1 aromatic carbocycles. The van der Waals surface area contributed by atoms with Gasteiger partial charge in [-0.05, 0) is 44.0 Å². The van der Waals surface area contributed by atoms with Gasteiger partial charge in [0.1, 0.15) is 17.8 Å². The Morgan fingerprint density at radius 2 is 2.08 bits per heavy atom. The number of rotatable bonds is 5. The highest BCUT2D eigenvalue weighted by molar-refractivity contribution is 5.92. The van der Waals surface area contributed by atoms with Crippen molar-refractivity contribution >= 4 is 5.91 Å². The summed E-state index contributed by atoms with van der Waals surface area (Å²) in [4.78, 5) is 18.3. The average molecular weight is 346 g/mol. The molecule has 0 bridgehead atoms. The second-order valence-corrected chi connectivity index (χ2v) is 6.42. The number of methoxy groups -OCH3 is 1. The number of β-amino-alcohol motifs (C(OH)–C–C–N with tert-alkyl or cyclic N) is 1. The SMILES string of the molecule is COc1ccc(OCc2nc(C(=O)N3CCC[C@](C)(O)C3)co2)cc1. The number of carbonyl (C=O) groups excluding carboxylic acids is 1. The standard InChI is InChI=1S/C18H22N2O5/c1-18(22)8-3-9-20(12-18)17(21)15-10-25-16(19-15)11-24-14-6-4-13(23-2)5-7-14/h4-7,10,22H,3,8-9,11-12H2,1-2H3/t18-/m0/s1. The Labute approximate surface area is 146 Å². The van der Waals surface area contributed by atoms with Crippen LogP contribution in [0.15, 0.2) is 34.9 Å². The first kappa shape index (κ1) is 17.3. The minimum atomic E-state index is -0.849. The summed E-state index contributed by atoms with van der Waals surface area (Å²) in [5, 5.41) is 10.1. The Kier molecular flexibility index (Phi) is 4.94. The Hall–Kier alpha value is -2.54. The fourth-order valence-electron chi connectivity index (χ4n) is 2.85. The molecule has 1 aromatic heterocycles. The molecule has 2 aromatic rings. The summed E-state index contributed by atoms with van der Waals surface area (Å²) < 4.78 is 16.0. The van der Waals surface area contributed by atoms with E-state index in [1.165, 1.54) is 6.26 Å². The fraction of sp³-hybridized carbons (Fsp3) is 0.444. The smallest absolute Gasteiger partial charge is 0.275 e. The number of aromatic nitrogens is 1. The first-order valence-electron chi connectivity index (χ1n) is 8.20. The molecule has 1 aliphatic heterocycles. The number of likely N-dealkylation sites (tertiary alicyclic amines) is 1. The second-order valence-electron chi connectivity index (χ2n) is 6.42.